The molecule has 0 spiro atoms. The van der Waals surface area contributed by atoms with E-state index in [0.717, 1.165) is 51.6 Å². The van der Waals surface area contributed by atoms with E-state index in [2.05, 4.69) is 31.8 Å². The Bertz CT molecular complexity index is 553. The molecule has 1 aromatic rings. The highest BCUT2D eigenvalue weighted by atomic mass is 16.3. The molecule has 0 amide bonds. The van der Waals surface area contributed by atoms with Crippen LogP contribution in [0.2, 0.25) is 0 Å². The van der Waals surface area contributed by atoms with Crippen LogP contribution in [0.4, 0.5) is 5.82 Å². The van der Waals surface area contributed by atoms with Gasteiger partial charge in [-0.25, -0.2) is 4.98 Å². The fraction of sp³-hybridized carbons (Fsp3) is 0.684. The van der Waals surface area contributed by atoms with Gasteiger partial charge in [0.05, 0.1) is 18.6 Å². The number of rotatable bonds is 6. The molecule has 6 nitrogen and oxygen atoms in total. The number of piperazine rings is 1. The summed E-state index contributed by atoms with van der Waals surface area (Å²) in [6.45, 7) is 8.12. The van der Waals surface area contributed by atoms with Crippen molar-refractivity contribution < 1.29 is 5.11 Å². The van der Waals surface area contributed by atoms with E-state index in [9.17, 15) is 5.11 Å². The SMILES string of the molecule is N#CC[C@@H](O)CN1CCC[C@@H](CN2CCN(c3ccccn3)CC2)C1. The zero-order valence-corrected chi connectivity index (χ0v) is 14.9. The van der Waals surface area contributed by atoms with Crippen molar-refractivity contribution in [1.29, 1.82) is 5.26 Å². The third-order valence-corrected chi connectivity index (χ3v) is 5.26. The van der Waals surface area contributed by atoms with Crippen LogP contribution in [0, 0.1) is 17.2 Å². The van der Waals surface area contributed by atoms with Gasteiger partial charge in [-0.15, -0.1) is 0 Å². The largest absolute Gasteiger partial charge is 0.391 e. The lowest BCUT2D eigenvalue weighted by molar-refractivity contribution is 0.0750. The van der Waals surface area contributed by atoms with Gasteiger partial charge < -0.3 is 14.9 Å². The lowest BCUT2D eigenvalue weighted by Gasteiger charge is -2.40. The molecular weight excluding hydrogens is 314 g/mol. The Balaban J connectivity index is 1.42. The average molecular weight is 343 g/mol. The molecule has 2 saturated heterocycles. The van der Waals surface area contributed by atoms with Crippen molar-refractivity contribution in [3.8, 4) is 6.07 Å². The summed E-state index contributed by atoms with van der Waals surface area (Å²) in [4.78, 5) is 11.7. The second kappa shape index (κ2) is 9.14. The minimum Gasteiger partial charge on any atom is -0.391 e. The van der Waals surface area contributed by atoms with Gasteiger partial charge in [-0.1, -0.05) is 6.07 Å². The molecule has 3 rings (SSSR count). The minimum atomic E-state index is -0.509. The quantitative estimate of drug-likeness (QED) is 0.837. The molecule has 3 heterocycles. The van der Waals surface area contributed by atoms with Crippen LogP contribution in [0.15, 0.2) is 24.4 Å². The summed E-state index contributed by atoms with van der Waals surface area (Å²) in [6, 6.07) is 8.15. The molecule has 2 atom stereocenters. The van der Waals surface area contributed by atoms with Gasteiger partial charge in [0.15, 0.2) is 0 Å². The van der Waals surface area contributed by atoms with E-state index >= 15 is 0 Å². The average Bonchev–Trinajstić information content (AvgIpc) is 2.63. The van der Waals surface area contributed by atoms with Gasteiger partial charge in [0, 0.05) is 52.0 Å². The van der Waals surface area contributed by atoms with E-state index in [-0.39, 0.29) is 6.42 Å². The summed E-state index contributed by atoms with van der Waals surface area (Å²) in [5.41, 5.74) is 0. The third-order valence-electron chi connectivity index (χ3n) is 5.26. The van der Waals surface area contributed by atoms with E-state index in [1.807, 2.05) is 18.3 Å². The van der Waals surface area contributed by atoms with E-state index < -0.39 is 6.10 Å². The van der Waals surface area contributed by atoms with Crippen LogP contribution >= 0.6 is 0 Å². The molecule has 0 bridgehead atoms. The van der Waals surface area contributed by atoms with Crippen LogP contribution in [-0.2, 0) is 0 Å². The molecular formula is C19H29N5O. The third kappa shape index (κ3) is 5.40. The van der Waals surface area contributed by atoms with Gasteiger partial charge in [-0.3, -0.25) is 4.90 Å². The second-order valence-corrected chi connectivity index (χ2v) is 7.26. The van der Waals surface area contributed by atoms with Crippen LogP contribution in [0.5, 0.6) is 0 Å². The maximum atomic E-state index is 9.86. The predicted molar refractivity (Wildman–Crippen MR) is 98.3 cm³/mol. The highest BCUT2D eigenvalue weighted by Crippen LogP contribution is 2.20. The van der Waals surface area contributed by atoms with Crippen LogP contribution in [0.25, 0.3) is 0 Å². The molecule has 0 aromatic carbocycles. The van der Waals surface area contributed by atoms with E-state index in [4.69, 9.17) is 5.26 Å². The Morgan fingerprint density at radius 3 is 2.76 bits per heavy atom. The molecule has 2 aliphatic rings. The fourth-order valence-electron chi connectivity index (χ4n) is 4.00. The highest BCUT2D eigenvalue weighted by Gasteiger charge is 2.25. The Hall–Kier alpha value is -1.68. The van der Waals surface area contributed by atoms with Gasteiger partial charge in [0.25, 0.3) is 0 Å². The Morgan fingerprint density at radius 2 is 2.04 bits per heavy atom. The summed E-state index contributed by atoms with van der Waals surface area (Å²) >= 11 is 0. The predicted octanol–water partition coefficient (Wildman–Crippen LogP) is 1.19. The molecule has 0 unspecified atom stereocenters. The Labute approximate surface area is 150 Å². The van der Waals surface area contributed by atoms with Crippen molar-refractivity contribution in [3.63, 3.8) is 0 Å². The van der Waals surface area contributed by atoms with Crippen molar-refractivity contribution in [2.24, 2.45) is 5.92 Å². The van der Waals surface area contributed by atoms with E-state index in [0.29, 0.717) is 12.5 Å². The molecule has 1 aromatic heterocycles. The smallest absolute Gasteiger partial charge is 0.128 e. The summed E-state index contributed by atoms with van der Waals surface area (Å²) in [5, 5.41) is 18.6. The number of hydrogen-bond donors (Lipinski definition) is 1. The zero-order chi connectivity index (χ0) is 17.5. The molecule has 0 aliphatic carbocycles. The topological polar surface area (TPSA) is 66.6 Å². The van der Waals surface area contributed by atoms with Gasteiger partial charge in [-0.2, -0.15) is 5.26 Å². The Kier molecular flexibility index (Phi) is 6.62. The standard InChI is InChI=1S/C19H29N5O/c20-7-6-18(25)16-23-9-3-4-17(15-23)14-22-10-12-24(13-11-22)19-5-1-2-8-21-19/h1-2,5,8,17-18,25H,3-4,6,9-16H2/t17-,18+/m0/s1. The maximum Gasteiger partial charge on any atom is 0.128 e. The first-order chi connectivity index (χ1) is 12.2. The Morgan fingerprint density at radius 1 is 1.20 bits per heavy atom. The fourth-order valence-corrected chi connectivity index (χ4v) is 4.00. The first-order valence-electron chi connectivity index (χ1n) is 9.40. The van der Waals surface area contributed by atoms with Crippen molar-refractivity contribution >= 4 is 5.82 Å². The van der Waals surface area contributed by atoms with Gasteiger partial charge in [-0.05, 0) is 37.4 Å². The normalized spacial score (nSPS) is 24.0. The maximum absolute atomic E-state index is 9.86. The monoisotopic (exact) mass is 343 g/mol. The number of nitriles is 1. The number of aromatic nitrogens is 1. The summed E-state index contributed by atoms with van der Waals surface area (Å²) < 4.78 is 0. The summed E-state index contributed by atoms with van der Waals surface area (Å²) in [6.07, 6.45) is 4.05. The first kappa shape index (κ1) is 18.1. The van der Waals surface area contributed by atoms with Crippen LogP contribution in [0.1, 0.15) is 19.3 Å². The first-order valence-corrected chi connectivity index (χ1v) is 9.40. The molecule has 1 N–H and O–H groups in total. The molecule has 0 radical (unpaired) electrons. The van der Waals surface area contributed by atoms with E-state index in [1.54, 1.807) is 0 Å². The second-order valence-electron chi connectivity index (χ2n) is 7.26. The number of aliphatic hydroxyl groups excluding tert-OH is 1. The van der Waals surface area contributed by atoms with Crippen LogP contribution in [-0.4, -0.2) is 78.4 Å². The number of anilines is 1. The van der Waals surface area contributed by atoms with E-state index in [1.165, 1.54) is 12.8 Å². The van der Waals surface area contributed by atoms with Crippen LogP contribution < -0.4 is 4.90 Å². The molecule has 0 saturated carbocycles. The molecule has 25 heavy (non-hydrogen) atoms. The van der Waals surface area contributed by atoms with Gasteiger partial charge in [0.2, 0.25) is 0 Å². The lowest BCUT2D eigenvalue weighted by atomic mass is 9.96. The van der Waals surface area contributed by atoms with Crippen molar-refractivity contribution in [2.45, 2.75) is 25.4 Å². The number of aliphatic hydroxyl groups is 1. The highest BCUT2D eigenvalue weighted by molar-refractivity contribution is 5.38. The number of hydrogen-bond acceptors (Lipinski definition) is 6. The molecule has 136 valence electrons. The molecule has 6 heteroatoms. The summed E-state index contributed by atoms with van der Waals surface area (Å²) in [7, 11) is 0. The van der Waals surface area contributed by atoms with Crippen molar-refractivity contribution in [3.05, 3.63) is 24.4 Å². The number of pyridine rings is 1. The van der Waals surface area contributed by atoms with Gasteiger partial charge >= 0.3 is 0 Å². The molecule has 2 fully saturated rings. The number of β-amino-alcohol motifs (C(OH)–C–C–N with tert-alkyl or cyclic N) is 1. The molecule has 2 aliphatic heterocycles. The number of piperidine rings is 1. The van der Waals surface area contributed by atoms with Crippen molar-refractivity contribution in [1.82, 2.24) is 14.8 Å². The van der Waals surface area contributed by atoms with Crippen LogP contribution in [0.3, 0.4) is 0 Å². The summed E-state index contributed by atoms with van der Waals surface area (Å²) in [5.74, 6) is 1.75. The minimum absolute atomic E-state index is 0.233. The van der Waals surface area contributed by atoms with Gasteiger partial charge in [0.1, 0.15) is 5.82 Å². The number of nitrogens with zero attached hydrogens (tertiary/aromatic N) is 5. The lowest BCUT2D eigenvalue weighted by Crippen LogP contribution is -2.50. The zero-order valence-electron chi connectivity index (χ0n) is 14.9. The number of likely N-dealkylation sites (tertiary alicyclic amines) is 1. The van der Waals surface area contributed by atoms with Crippen molar-refractivity contribution in [2.75, 3.05) is 57.3 Å².